The predicted molar refractivity (Wildman–Crippen MR) is 275 cm³/mol. The molecule has 0 spiro atoms. The first-order valence-corrected chi connectivity index (χ1v) is 28.9. The van der Waals surface area contributed by atoms with E-state index >= 15 is 0 Å². The highest BCUT2D eigenvalue weighted by Crippen LogP contribution is 2.30. The van der Waals surface area contributed by atoms with Crippen molar-refractivity contribution in [2.75, 3.05) is 0 Å². The van der Waals surface area contributed by atoms with Crippen LogP contribution in [-0.4, -0.2) is 5.78 Å². The molecule has 2 atom stereocenters. The zero-order valence-corrected chi connectivity index (χ0v) is 42.6. The van der Waals surface area contributed by atoms with Crippen molar-refractivity contribution < 1.29 is 4.79 Å². The fraction of sp³-hybridized carbons (Fsp3) is 0.949. The van der Waals surface area contributed by atoms with E-state index in [-0.39, 0.29) is 0 Å². The van der Waals surface area contributed by atoms with Gasteiger partial charge in [0.05, 0.1) is 0 Å². The summed E-state index contributed by atoms with van der Waals surface area (Å²) < 4.78 is 0. The molecule has 358 valence electrons. The van der Waals surface area contributed by atoms with Gasteiger partial charge in [0.2, 0.25) is 0 Å². The van der Waals surface area contributed by atoms with Gasteiger partial charge >= 0.3 is 0 Å². The summed E-state index contributed by atoms with van der Waals surface area (Å²) >= 11 is 0. The molecular weight excluding hydrogens is 725 g/mol. The van der Waals surface area contributed by atoms with Crippen LogP contribution < -0.4 is 0 Å². The largest absolute Gasteiger partial charge is 0.299 e. The number of Topliss-reactive ketones (excluding diaryl/α,β-unsaturated/α-hetero) is 1. The molecule has 0 aromatic heterocycles. The van der Waals surface area contributed by atoms with E-state index in [0.29, 0.717) is 17.6 Å². The molecule has 1 heteroatoms. The highest BCUT2D eigenvalue weighted by Gasteiger charge is 2.25. The molecule has 0 aliphatic heterocycles. The summed E-state index contributed by atoms with van der Waals surface area (Å²) in [5.74, 6) is 1.58. The third-order valence-electron chi connectivity index (χ3n) is 14.2. The minimum absolute atomic E-state index is 0.333. The van der Waals surface area contributed by atoms with Gasteiger partial charge in [-0.2, -0.15) is 0 Å². The second-order valence-electron chi connectivity index (χ2n) is 20.1. The van der Waals surface area contributed by atoms with Crippen molar-refractivity contribution in [1.29, 1.82) is 0 Å². The lowest BCUT2D eigenvalue weighted by Gasteiger charge is -2.26. The van der Waals surface area contributed by atoms with Crippen LogP contribution >= 0.6 is 0 Å². The average Bonchev–Trinajstić information content (AvgIpc) is 3.26. The Morgan fingerprint density at radius 3 is 0.850 bits per heavy atom. The van der Waals surface area contributed by atoms with Crippen LogP contribution in [0.25, 0.3) is 0 Å². The summed E-state index contributed by atoms with van der Waals surface area (Å²) in [6.07, 6.45) is 73.6. The van der Waals surface area contributed by atoms with Crippen LogP contribution in [0.3, 0.4) is 0 Å². The minimum Gasteiger partial charge on any atom is -0.299 e. The third kappa shape index (κ3) is 45.4. The van der Waals surface area contributed by atoms with Crippen molar-refractivity contribution in [1.82, 2.24) is 0 Å². The maximum absolute atomic E-state index is 13.8. The van der Waals surface area contributed by atoms with Gasteiger partial charge in [0.1, 0.15) is 5.78 Å². The summed E-state index contributed by atoms with van der Waals surface area (Å²) in [6, 6.07) is 0. The summed E-state index contributed by atoms with van der Waals surface area (Å²) in [7, 11) is 0. The van der Waals surface area contributed by atoms with Gasteiger partial charge in [-0.1, -0.05) is 310 Å². The fourth-order valence-corrected chi connectivity index (χ4v) is 9.95. The summed E-state index contributed by atoms with van der Waals surface area (Å²) in [6.45, 7) is 9.30. The Morgan fingerprint density at radius 2 is 0.550 bits per heavy atom. The molecule has 0 aromatic rings. The van der Waals surface area contributed by atoms with Gasteiger partial charge in [-0.05, 0) is 50.9 Å². The van der Waals surface area contributed by atoms with Crippen molar-refractivity contribution in [2.45, 2.75) is 349 Å². The molecule has 0 aliphatic carbocycles. The van der Waals surface area contributed by atoms with Gasteiger partial charge < -0.3 is 0 Å². The lowest BCUT2D eigenvalue weighted by Crippen LogP contribution is -2.24. The highest BCUT2D eigenvalue weighted by molar-refractivity contribution is 5.81. The molecule has 1 nitrogen and oxygen atoms in total. The zero-order valence-electron chi connectivity index (χ0n) is 42.6. The first-order valence-electron chi connectivity index (χ1n) is 28.9. The number of allylic oxidation sites excluding steroid dienone is 2. The number of carbonyl (C=O) groups excluding carboxylic acids is 1. The Morgan fingerprint density at radius 1 is 0.300 bits per heavy atom. The van der Waals surface area contributed by atoms with Crippen molar-refractivity contribution in [3.05, 3.63) is 12.2 Å². The minimum atomic E-state index is 0.333. The lowest BCUT2D eigenvalue weighted by atomic mass is 9.78. The van der Waals surface area contributed by atoms with Crippen LogP contribution in [-0.2, 0) is 4.79 Å². The molecule has 0 rings (SSSR count). The molecule has 0 saturated heterocycles. The van der Waals surface area contributed by atoms with Gasteiger partial charge in [-0.25, -0.2) is 0 Å². The topological polar surface area (TPSA) is 17.1 Å². The van der Waals surface area contributed by atoms with Crippen LogP contribution in [0.2, 0.25) is 0 Å². The van der Waals surface area contributed by atoms with E-state index in [4.69, 9.17) is 0 Å². The van der Waals surface area contributed by atoms with Crippen LogP contribution in [0.5, 0.6) is 0 Å². The van der Waals surface area contributed by atoms with E-state index < -0.39 is 0 Å². The van der Waals surface area contributed by atoms with E-state index in [0.717, 1.165) is 12.8 Å². The molecule has 0 aliphatic rings. The monoisotopic (exact) mass is 841 g/mol. The summed E-state index contributed by atoms with van der Waals surface area (Å²) in [5.41, 5.74) is 0. The fourth-order valence-electron chi connectivity index (χ4n) is 9.95. The number of carbonyl (C=O) groups is 1. The molecule has 0 amide bonds. The van der Waals surface area contributed by atoms with Crippen LogP contribution in [0.15, 0.2) is 12.2 Å². The second kappa shape index (κ2) is 52.8. The predicted octanol–water partition coefficient (Wildman–Crippen LogP) is 21.9. The number of rotatable bonds is 53. The SMILES string of the molecule is CCCCCCCC/C=C\CCCCCCCC(=O)C(CCCCCCCCCCCCCCCCCCC)C(CC)CCCCCCCCCCCCCCCCCC. The Balaban J connectivity index is 4.35. The number of hydrogen-bond donors (Lipinski definition) is 0. The maximum atomic E-state index is 13.8. The zero-order chi connectivity index (χ0) is 43.5. The highest BCUT2D eigenvalue weighted by atomic mass is 16.1. The van der Waals surface area contributed by atoms with Crippen molar-refractivity contribution in [3.8, 4) is 0 Å². The average molecular weight is 842 g/mol. The second-order valence-corrected chi connectivity index (χ2v) is 20.1. The van der Waals surface area contributed by atoms with E-state index in [1.807, 2.05) is 0 Å². The quantitative estimate of drug-likeness (QED) is 0.0440. The molecule has 0 bridgehead atoms. The molecule has 0 N–H and O–H groups in total. The van der Waals surface area contributed by atoms with Gasteiger partial charge in [0.15, 0.2) is 0 Å². The first kappa shape index (κ1) is 59.4. The van der Waals surface area contributed by atoms with Crippen LogP contribution in [0.1, 0.15) is 349 Å². The van der Waals surface area contributed by atoms with E-state index in [9.17, 15) is 4.79 Å². The van der Waals surface area contributed by atoms with Crippen molar-refractivity contribution >= 4 is 5.78 Å². The standard InChI is InChI=1S/C59H116O/c1-5-9-12-15-18-21-24-27-30-32-35-37-40-43-46-49-52-55-58(59(60)56-53-50-47-44-41-38-33-29-26-23-20-17-14-11-7-3)57(8-4)54-51-48-45-42-39-36-34-31-28-25-22-19-16-13-10-6-2/h29,33,57-58H,5-28,30-32,34-56H2,1-4H3/b33-29-. The van der Waals surface area contributed by atoms with E-state index in [2.05, 4.69) is 39.8 Å². The van der Waals surface area contributed by atoms with Gasteiger partial charge in [-0.3, -0.25) is 4.79 Å². The van der Waals surface area contributed by atoms with Crippen LogP contribution in [0, 0.1) is 11.8 Å². The summed E-state index contributed by atoms with van der Waals surface area (Å²) in [5, 5.41) is 0. The van der Waals surface area contributed by atoms with Gasteiger partial charge in [-0.15, -0.1) is 0 Å². The van der Waals surface area contributed by atoms with E-state index in [1.54, 1.807) is 0 Å². The van der Waals surface area contributed by atoms with Gasteiger partial charge in [0, 0.05) is 12.3 Å². The van der Waals surface area contributed by atoms with Gasteiger partial charge in [0.25, 0.3) is 0 Å². The van der Waals surface area contributed by atoms with Crippen molar-refractivity contribution in [2.24, 2.45) is 11.8 Å². The number of unbranched alkanes of at least 4 members (excludes halogenated alkanes) is 42. The molecular formula is C59H116O. The number of ketones is 1. The smallest absolute Gasteiger partial charge is 0.136 e. The van der Waals surface area contributed by atoms with Crippen LogP contribution in [0.4, 0.5) is 0 Å². The summed E-state index contributed by atoms with van der Waals surface area (Å²) in [4.78, 5) is 13.8. The Kier molecular flexibility index (Phi) is 52.2. The molecule has 0 fully saturated rings. The Labute approximate surface area is 381 Å². The molecule has 0 heterocycles. The molecule has 0 aromatic carbocycles. The maximum Gasteiger partial charge on any atom is 0.136 e. The molecule has 0 saturated carbocycles. The third-order valence-corrected chi connectivity index (χ3v) is 14.2. The molecule has 60 heavy (non-hydrogen) atoms. The lowest BCUT2D eigenvalue weighted by molar-refractivity contribution is -0.125. The van der Waals surface area contributed by atoms with E-state index in [1.165, 1.54) is 308 Å². The normalized spacial score (nSPS) is 12.9. The first-order chi connectivity index (χ1) is 29.7. The van der Waals surface area contributed by atoms with Crippen molar-refractivity contribution in [3.63, 3.8) is 0 Å². The number of hydrogen-bond acceptors (Lipinski definition) is 1. The Hall–Kier alpha value is -0.590. The Bertz CT molecular complexity index is 812. The molecule has 2 unspecified atom stereocenters. The molecule has 0 radical (unpaired) electrons.